The fourth-order valence-electron chi connectivity index (χ4n) is 3.23. The van der Waals surface area contributed by atoms with Crippen LogP contribution in [0.1, 0.15) is 33.6 Å². The zero-order valence-corrected chi connectivity index (χ0v) is 16.5. The molecule has 3 aromatic rings. The van der Waals surface area contributed by atoms with Crippen LogP contribution in [0.25, 0.3) is 10.2 Å². The molecule has 2 amide bonds. The van der Waals surface area contributed by atoms with E-state index in [4.69, 9.17) is 0 Å². The third-order valence-corrected chi connectivity index (χ3v) is 6.60. The van der Waals surface area contributed by atoms with Crippen LogP contribution < -0.4 is 5.32 Å². The van der Waals surface area contributed by atoms with E-state index < -0.39 is 0 Å². The average Bonchev–Trinajstić information content (AvgIpc) is 3.36. The minimum Gasteiger partial charge on any atom is -0.339 e. The minimum atomic E-state index is -0.271. The lowest BCUT2D eigenvalue weighted by molar-refractivity contribution is 0.0787. The number of hydrogen-bond acceptors (Lipinski definition) is 5. The topological polar surface area (TPSA) is 62.3 Å². The van der Waals surface area contributed by atoms with Crippen molar-refractivity contribution >= 4 is 50.8 Å². The lowest BCUT2D eigenvalue weighted by Gasteiger charge is -2.17. The van der Waals surface area contributed by atoms with E-state index in [1.807, 2.05) is 29.4 Å². The summed E-state index contributed by atoms with van der Waals surface area (Å²) in [5, 5.41) is 2.93. The van der Waals surface area contributed by atoms with Crippen LogP contribution in [0.2, 0.25) is 0 Å². The normalized spacial score (nSPS) is 13.9. The van der Waals surface area contributed by atoms with Gasteiger partial charge in [-0.05, 0) is 49.4 Å². The largest absolute Gasteiger partial charge is 0.339 e. The molecule has 1 aliphatic rings. The summed E-state index contributed by atoms with van der Waals surface area (Å²) >= 11 is 3.21. The van der Waals surface area contributed by atoms with Gasteiger partial charge in [0.15, 0.2) is 4.34 Å². The summed E-state index contributed by atoms with van der Waals surface area (Å²) in [6, 6.07) is 12.7. The molecule has 1 saturated heterocycles. The molecule has 0 unspecified atom stereocenters. The zero-order chi connectivity index (χ0) is 18.8. The third kappa shape index (κ3) is 3.70. The summed E-state index contributed by atoms with van der Waals surface area (Å²) in [5.41, 5.74) is 2.49. The molecule has 27 heavy (non-hydrogen) atoms. The van der Waals surface area contributed by atoms with Gasteiger partial charge in [0, 0.05) is 18.8 Å². The molecule has 4 rings (SSSR count). The lowest BCUT2D eigenvalue weighted by Crippen LogP contribution is -2.29. The van der Waals surface area contributed by atoms with Gasteiger partial charge in [-0.15, -0.1) is 11.3 Å². The Morgan fingerprint density at radius 3 is 2.59 bits per heavy atom. The second kappa shape index (κ2) is 7.70. The number of fused-ring (bicyclic) bond motifs is 1. The molecule has 138 valence electrons. The Morgan fingerprint density at radius 1 is 1.11 bits per heavy atom. The van der Waals surface area contributed by atoms with Gasteiger partial charge in [0.25, 0.3) is 11.8 Å². The molecule has 0 aliphatic carbocycles. The fraction of sp³-hybridized carbons (Fsp3) is 0.250. The summed E-state index contributed by atoms with van der Waals surface area (Å²) in [6.07, 6.45) is 4.04. The van der Waals surface area contributed by atoms with Crippen molar-refractivity contribution in [3.8, 4) is 0 Å². The highest BCUT2D eigenvalue weighted by Gasteiger charge is 2.24. The maximum Gasteiger partial charge on any atom is 0.256 e. The van der Waals surface area contributed by atoms with E-state index >= 15 is 0 Å². The van der Waals surface area contributed by atoms with Crippen molar-refractivity contribution in [2.45, 2.75) is 17.2 Å². The molecular formula is C20H19N3O2S2. The quantitative estimate of drug-likeness (QED) is 0.658. The zero-order valence-electron chi connectivity index (χ0n) is 14.9. The van der Waals surface area contributed by atoms with Gasteiger partial charge in [0.2, 0.25) is 0 Å². The number of amides is 2. The van der Waals surface area contributed by atoms with Gasteiger partial charge < -0.3 is 10.2 Å². The van der Waals surface area contributed by atoms with Crippen LogP contribution in [0.5, 0.6) is 0 Å². The number of benzene rings is 2. The molecule has 2 aromatic carbocycles. The van der Waals surface area contributed by atoms with E-state index in [9.17, 15) is 9.59 Å². The monoisotopic (exact) mass is 397 g/mol. The number of nitrogens with one attached hydrogen (secondary N) is 1. The van der Waals surface area contributed by atoms with Gasteiger partial charge >= 0.3 is 0 Å². The molecule has 0 atom stereocenters. The van der Waals surface area contributed by atoms with Gasteiger partial charge in [-0.25, -0.2) is 4.98 Å². The van der Waals surface area contributed by atoms with Crippen molar-refractivity contribution in [2.24, 2.45) is 0 Å². The Bertz CT molecular complexity index is 1010. The molecule has 2 heterocycles. The summed E-state index contributed by atoms with van der Waals surface area (Å²) in [5.74, 6) is -0.340. The van der Waals surface area contributed by atoms with Gasteiger partial charge in [0.05, 0.1) is 21.3 Å². The number of hydrogen-bond donors (Lipinski definition) is 1. The molecule has 1 fully saturated rings. The second-order valence-corrected chi connectivity index (χ2v) is 8.45. The first-order chi connectivity index (χ1) is 13.2. The molecular weight excluding hydrogens is 378 g/mol. The van der Waals surface area contributed by atoms with Crippen LogP contribution in [0, 0.1) is 0 Å². The predicted molar refractivity (Wildman–Crippen MR) is 111 cm³/mol. The van der Waals surface area contributed by atoms with Gasteiger partial charge in [0.1, 0.15) is 0 Å². The van der Waals surface area contributed by atoms with Crippen LogP contribution in [-0.4, -0.2) is 41.0 Å². The smallest absolute Gasteiger partial charge is 0.256 e. The van der Waals surface area contributed by atoms with Crippen molar-refractivity contribution in [1.29, 1.82) is 0 Å². The van der Waals surface area contributed by atoms with E-state index in [0.717, 1.165) is 40.5 Å². The standard InChI is InChI=1S/C20H19N3O2S2/c1-26-20-22-16-9-8-13(12-17(16)27-20)21-18(24)14-6-2-3-7-15(14)19(25)23-10-4-5-11-23/h2-3,6-9,12H,4-5,10-11H2,1H3,(H,21,24). The first-order valence-electron chi connectivity index (χ1n) is 8.80. The van der Waals surface area contributed by atoms with Crippen molar-refractivity contribution in [3.63, 3.8) is 0 Å². The van der Waals surface area contributed by atoms with E-state index in [0.29, 0.717) is 16.8 Å². The number of thioether (sulfide) groups is 1. The fourth-order valence-corrected chi connectivity index (χ4v) is 4.75. The number of carbonyl (C=O) groups excluding carboxylic acids is 2. The summed E-state index contributed by atoms with van der Waals surface area (Å²) in [6.45, 7) is 1.52. The second-order valence-electron chi connectivity index (χ2n) is 6.37. The molecule has 0 bridgehead atoms. The molecule has 0 saturated carbocycles. The van der Waals surface area contributed by atoms with Crippen molar-refractivity contribution in [3.05, 3.63) is 53.6 Å². The highest BCUT2D eigenvalue weighted by Crippen LogP contribution is 2.30. The highest BCUT2D eigenvalue weighted by molar-refractivity contribution is 8.00. The van der Waals surface area contributed by atoms with Crippen LogP contribution in [-0.2, 0) is 0 Å². The number of carbonyl (C=O) groups is 2. The Morgan fingerprint density at radius 2 is 1.85 bits per heavy atom. The van der Waals surface area contributed by atoms with E-state index in [-0.39, 0.29) is 11.8 Å². The molecule has 1 aliphatic heterocycles. The minimum absolute atomic E-state index is 0.0687. The maximum absolute atomic E-state index is 12.9. The number of rotatable bonds is 4. The Kier molecular flexibility index (Phi) is 5.13. The number of likely N-dealkylation sites (tertiary alicyclic amines) is 1. The van der Waals surface area contributed by atoms with Crippen molar-refractivity contribution in [2.75, 3.05) is 24.7 Å². The number of nitrogens with zero attached hydrogens (tertiary/aromatic N) is 2. The van der Waals surface area contributed by atoms with Crippen molar-refractivity contribution < 1.29 is 9.59 Å². The van der Waals surface area contributed by atoms with E-state index in [1.54, 1.807) is 47.4 Å². The lowest BCUT2D eigenvalue weighted by atomic mass is 10.1. The van der Waals surface area contributed by atoms with E-state index in [2.05, 4.69) is 10.3 Å². The maximum atomic E-state index is 12.9. The summed E-state index contributed by atoms with van der Waals surface area (Å²) in [4.78, 5) is 32.0. The van der Waals surface area contributed by atoms with Crippen LogP contribution in [0.15, 0.2) is 46.8 Å². The van der Waals surface area contributed by atoms with Gasteiger partial charge in [-0.2, -0.15) is 0 Å². The summed E-state index contributed by atoms with van der Waals surface area (Å²) < 4.78 is 2.02. The Labute approximate surface area is 165 Å². The number of aromatic nitrogens is 1. The molecule has 0 spiro atoms. The number of thiazole rings is 1. The molecule has 5 nitrogen and oxygen atoms in total. The Hall–Kier alpha value is -2.38. The van der Waals surface area contributed by atoms with Gasteiger partial charge in [-0.1, -0.05) is 23.9 Å². The first kappa shape index (κ1) is 18.0. The Balaban J connectivity index is 1.59. The molecule has 0 radical (unpaired) electrons. The van der Waals surface area contributed by atoms with Crippen LogP contribution in [0.4, 0.5) is 5.69 Å². The average molecular weight is 398 g/mol. The van der Waals surface area contributed by atoms with Crippen LogP contribution in [0.3, 0.4) is 0 Å². The van der Waals surface area contributed by atoms with Crippen molar-refractivity contribution in [1.82, 2.24) is 9.88 Å². The van der Waals surface area contributed by atoms with Crippen LogP contribution >= 0.6 is 23.1 Å². The van der Waals surface area contributed by atoms with Gasteiger partial charge in [-0.3, -0.25) is 9.59 Å². The SMILES string of the molecule is CSc1nc2ccc(NC(=O)c3ccccc3C(=O)N3CCCC3)cc2s1. The molecule has 1 aromatic heterocycles. The third-order valence-electron chi connectivity index (χ3n) is 4.60. The molecule has 7 heteroatoms. The predicted octanol–water partition coefficient (Wildman–Crippen LogP) is 4.51. The summed E-state index contributed by atoms with van der Waals surface area (Å²) in [7, 11) is 0. The molecule has 1 N–H and O–H groups in total. The number of anilines is 1. The highest BCUT2D eigenvalue weighted by atomic mass is 32.2. The van der Waals surface area contributed by atoms with E-state index in [1.165, 1.54) is 0 Å². The first-order valence-corrected chi connectivity index (χ1v) is 10.8.